The molecule has 0 bridgehead atoms. The van der Waals surface area contributed by atoms with E-state index in [4.69, 9.17) is 0 Å². The van der Waals surface area contributed by atoms with Crippen LogP contribution in [0.1, 0.15) is 30.2 Å². The minimum absolute atomic E-state index is 0.0329. The molecule has 168 valence electrons. The molecule has 3 aromatic rings. The molecule has 32 heavy (non-hydrogen) atoms. The summed E-state index contributed by atoms with van der Waals surface area (Å²) in [5.41, 5.74) is 1.57. The van der Waals surface area contributed by atoms with E-state index in [0.717, 1.165) is 23.3 Å². The molecule has 0 spiro atoms. The first-order chi connectivity index (χ1) is 15.3. The van der Waals surface area contributed by atoms with Gasteiger partial charge in [0.1, 0.15) is 0 Å². The lowest BCUT2D eigenvalue weighted by atomic mass is 10.2. The summed E-state index contributed by atoms with van der Waals surface area (Å²) in [7, 11) is 0. The lowest BCUT2D eigenvalue weighted by Gasteiger charge is -2.20. The van der Waals surface area contributed by atoms with Gasteiger partial charge in [0.05, 0.1) is 5.69 Å². The van der Waals surface area contributed by atoms with Crippen molar-refractivity contribution in [3.05, 3.63) is 70.0 Å². The number of aryl methyl sites for hydroxylation is 1. The van der Waals surface area contributed by atoms with Crippen LogP contribution in [0.5, 0.6) is 11.5 Å². The minimum atomic E-state index is -3.68. The summed E-state index contributed by atoms with van der Waals surface area (Å²) >= 11 is 1.35. The van der Waals surface area contributed by atoms with Crippen LogP contribution in [0.4, 0.5) is 13.6 Å². The van der Waals surface area contributed by atoms with E-state index in [9.17, 15) is 13.6 Å². The molecular weight excluding hydrogens is 436 g/mol. The summed E-state index contributed by atoms with van der Waals surface area (Å²) in [4.78, 5) is 20.6. The van der Waals surface area contributed by atoms with Gasteiger partial charge in [-0.05, 0) is 31.0 Å². The number of benzene rings is 2. The number of nitrogens with zero attached hydrogens (tertiary/aromatic N) is 3. The zero-order valence-corrected chi connectivity index (χ0v) is 18.6. The monoisotopic (exact) mass is 459 g/mol. The van der Waals surface area contributed by atoms with Gasteiger partial charge in [-0.3, -0.25) is 4.57 Å². The Labute approximate surface area is 188 Å². The topological polar surface area (TPSA) is 56.1 Å². The second-order valence-corrected chi connectivity index (χ2v) is 8.66. The van der Waals surface area contributed by atoms with Crippen molar-refractivity contribution in [2.45, 2.75) is 39.5 Å². The Morgan fingerprint density at radius 2 is 1.91 bits per heavy atom. The summed E-state index contributed by atoms with van der Waals surface area (Å²) in [5, 5.41) is 0. The van der Waals surface area contributed by atoms with Gasteiger partial charge < -0.3 is 14.4 Å². The maximum Gasteiger partial charge on any atom is 0.586 e. The normalized spacial score (nSPS) is 14.6. The van der Waals surface area contributed by atoms with Crippen LogP contribution < -0.4 is 14.3 Å². The smallest absolute Gasteiger partial charge is 0.395 e. The second-order valence-electron chi connectivity index (χ2n) is 7.45. The Bertz CT molecular complexity index is 1170. The fraction of sp³-hybridized carbons (Fsp3) is 0.304. The first-order valence-electron chi connectivity index (χ1n) is 10.3. The molecule has 0 unspecified atom stereocenters. The van der Waals surface area contributed by atoms with Crippen molar-refractivity contribution in [1.82, 2.24) is 9.47 Å². The number of aromatic nitrogens is 1. The second kappa shape index (κ2) is 9.12. The Morgan fingerprint density at radius 1 is 1.16 bits per heavy atom. The van der Waals surface area contributed by atoms with Gasteiger partial charge in [0, 0.05) is 30.2 Å². The molecule has 0 fully saturated rings. The number of fused-ring (bicyclic) bond motifs is 1. The van der Waals surface area contributed by atoms with Crippen molar-refractivity contribution < 1.29 is 23.0 Å². The van der Waals surface area contributed by atoms with E-state index < -0.39 is 6.29 Å². The summed E-state index contributed by atoms with van der Waals surface area (Å²) < 4.78 is 37.5. The molecule has 0 saturated heterocycles. The van der Waals surface area contributed by atoms with Gasteiger partial charge in [0.2, 0.25) is 0 Å². The summed E-state index contributed by atoms with van der Waals surface area (Å²) in [6.45, 7) is 5.02. The fourth-order valence-corrected chi connectivity index (χ4v) is 4.18. The number of carbonyl (C=O) groups excluding carboxylic acids is 1. The standard InChI is InChI=1S/C23H23F2N3O3S/c1-3-4-12-27(15-17-8-6-5-7-9-17)21(29)26-22-28(14-16(2)32-22)18-10-11-19-20(13-18)31-23(24,25)30-19/h5-11,13-14H,3-4,12,15H2,1-2H3/b26-22-. The predicted molar refractivity (Wildman–Crippen MR) is 117 cm³/mol. The minimum Gasteiger partial charge on any atom is -0.395 e. The number of alkyl halides is 2. The fourth-order valence-electron chi connectivity index (χ4n) is 3.35. The van der Waals surface area contributed by atoms with Crippen LogP contribution in [0, 0.1) is 6.92 Å². The van der Waals surface area contributed by atoms with E-state index in [1.54, 1.807) is 21.7 Å². The highest BCUT2D eigenvalue weighted by atomic mass is 32.1. The van der Waals surface area contributed by atoms with Gasteiger partial charge in [0.25, 0.3) is 0 Å². The quantitative estimate of drug-likeness (QED) is 0.490. The molecule has 0 radical (unpaired) electrons. The van der Waals surface area contributed by atoms with Crippen LogP contribution in [0.15, 0.2) is 59.7 Å². The Hall–Kier alpha value is -3.20. The summed E-state index contributed by atoms with van der Waals surface area (Å²) in [6, 6.07) is 13.9. The molecule has 0 aliphatic carbocycles. The third kappa shape index (κ3) is 4.99. The molecule has 0 N–H and O–H groups in total. The molecule has 6 nitrogen and oxygen atoms in total. The molecule has 1 aromatic heterocycles. The first kappa shape index (κ1) is 22.0. The molecule has 2 amide bonds. The highest BCUT2D eigenvalue weighted by Gasteiger charge is 2.43. The number of hydrogen-bond acceptors (Lipinski definition) is 4. The van der Waals surface area contributed by atoms with Crippen LogP contribution in [0.3, 0.4) is 0 Å². The lowest BCUT2D eigenvalue weighted by molar-refractivity contribution is -0.286. The van der Waals surface area contributed by atoms with Crippen molar-refractivity contribution in [3.63, 3.8) is 0 Å². The van der Waals surface area contributed by atoms with Crippen LogP contribution >= 0.6 is 11.3 Å². The molecule has 2 aromatic carbocycles. The van der Waals surface area contributed by atoms with E-state index >= 15 is 0 Å². The third-order valence-corrected chi connectivity index (χ3v) is 5.79. The van der Waals surface area contributed by atoms with Crippen molar-refractivity contribution in [3.8, 4) is 17.2 Å². The average Bonchev–Trinajstić information content (AvgIpc) is 3.28. The zero-order valence-electron chi connectivity index (χ0n) is 17.8. The van der Waals surface area contributed by atoms with Crippen molar-refractivity contribution in [2.24, 2.45) is 4.99 Å². The van der Waals surface area contributed by atoms with Gasteiger partial charge >= 0.3 is 12.3 Å². The number of halogens is 2. The number of ether oxygens (including phenoxy) is 2. The third-order valence-electron chi connectivity index (χ3n) is 4.89. The van der Waals surface area contributed by atoms with Gasteiger partial charge in [-0.1, -0.05) is 43.7 Å². The zero-order chi connectivity index (χ0) is 22.7. The van der Waals surface area contributed by atoms with E-state index in [2.05, 4.69) is 21.4 Å². The Balaban J connectivity index is 1.65. The van der Waals surface area contributed by atoms with Crippen LogP contribution in [0.25, 0.3) is 5.69 Å². The highest BCUT2D eigenvalue weighted by Crippen LogP contribution is 2.41. The largest absolute Gasteiger partial charge is 0.586 e. The van der Waals surface area contributed by atoms with E-state index in [1.165, 1.54) is 23.5 Å². The average molecular weight is 460 g/mol. The summed E-state index contributed by atoms with van der Waals surface area (Å²) in [6.07, 6.45) is -0.0525. The Kier molecular flexibility index (Phi) is 6.27. The molecular formula is C23H23F2N3O3S. The van der Waals surface area contributed by atoms with E-state index in [-0.39, 0.29) is 17.5 Å². The van der Waals surface area contributed by atoms with Gasteiger partial charge in [-0.15, -0.1) is 20.1 Å². The number of hydrogen-bond donors (Lipinski definition) is 0. The number of rotatable bonds is 6. The highest BCUT2D eigenvalue weighted by molar-refractivity contribution is 7.09. The molecule has 9 heteroatoms. The molecule has 0 atom stereocenters. The molecule has 1 aliphatic heterocycles. The lowest BCUT2D eigenvalue weighted by Crippen LogP contribution is -2.31. The Morgan fingerprint density at radius 3 is 2.66 bits per heavy atom. The van der Waals surface area contributed by atoms with Crippen LogP contribution in [0.2, 0.25) is 0 Å². The molecule has 2 heterocycles. The summed E-state index contributed by atoms with van der Waals surface area (Å²) in [5.74, 6) is -0.0933. The predicted octanol–water partition coefficient (Wildman–Crippen LogP) is 5.49. The van der Waals surface area contributed by atoms with Crippen molar-refractivity contribution in [1.29, 1.82) is 0 Å². The van der Waals surface area contributed by atoms with E-state index in [0.29, 0.717) is 23.6 Å². The maximum absolute atomic E-state index is 13.4. The van der Waals surface area contributed by atoms with Gasteiger partial charge in [-0.2, -0.15) is 4.99 Å². The maximum atomic E-state index is 13.4. The van der Waals surface area contributed by atoms with Crippen LogP contribution in [-0.4, -0.2) is 28.3 Å². The number of unbranched alkanes of at least 4 members (excludes halogenated alkanes) is 1. The molecule has 1 aliphatic rings. The van der Waals surface area contributed by atoms with Gasteiger partial charge in [-0.25, -0.2) is 4.79 Å². The van der Waals surface area contributed by atoms with Crippen molar-refractivity contribution in [2.75, 3.05) is 6.54 Å². The molecule has 4 rings (SSSR count). The van der Waals surface area contributed by atoms with E-state index in [1.807, 2.05) is 37.3 Å². The first-order valence-corrected chi connectivity index (χ1v) is 11.1. The van der Waals surface area contributed by atoms with Crippen LogP contribution in [-0.2, 0) is 6.54 Å². The number of carbonyl (C=O) groups is 1. The number of urea groups is 1. The molecule has 0 saturated carbocycles. The van der Waals surface area contributed by atoms with Crippen molar-refractivity contribution >= 4 is 17.4 Å². The SMILES string of the molecule is CCCCN(Cc1ccccc1)C(=O)/N=c1\sc(C)cn1-c1ccc2c(c1)OC(F)(F)O2. The van der Waals surface area contributed by atoms with Gasteiger partial charge in [0.15, 0.2) is 16.3 Å². The number of thiazole rings is 1. The number of amides is 2.